The van der Waals surface area contributed by atoms with Gasteiger partial charge in [-0.2, -0.15) is 0 Å². The molecule has 1 N–H and O–H groups in total. The smallest absolute Gasteiger partial charge is 0.132 e. The van der Waals surface area contributed by atoms with Crippen LogP contribution in [0, 0.1) is 5.92 Å². The molecule has 0 aliphatic heterocycles. The number of carbonyl (C=O) groups excluding carboxylic acids is 1. The highest BCUT2D eigenvalue weighted by Gasteiger charge is 2.20. The second kappa shape index (κ2) is 5.06. The molecule has 0 radical (unpaired) electrons. The van der Waals surface area contributed by atoms with Crippen molar-refractivity contribution >= 4 is 17.1 Å². The molecule has 1 fully saturated rings. The first-order chi connectivity index (χ1) is 8.81. The van der Waals surface area contributed by atoms with Crippen molar-refractivity contribution in [2.24, 2.45) is 5.92 Å². The van der Waals surface area contributed by atoms with Crippen LogP contribution in [0.2, 0.25) is 0 Å². The van der Waals surface area contributed by atoms with E-state index in [-0.39, 0.29) is 0 Å². The Hall–Kier alpha value is -1.42. The molecule has 2 heterocycles. The topological polar surface area (TPSA) is 45.8 Å². The Morgan fingerprint density at radius 2 is 2.22 bits per heavy atom. The first-order valence-corrected chi connectivity index (χ1v) is 7.28. The van der Waals surface area contributed by atoms with Crippen LogP contribution in [-0.2, 0) is 11.2 Å². The Bertz CT molecular complexity index is 520. The highest BCUT2D eigenvalue weighted by molar-refractivity contribution is 7.09. The van der Waals surface area contributed by atoms with Crippen LogP contribution < -0.4 is 0 Å². The minimum atomic E-state index is 0.429. The lowest BCUT2D eigenvalue weighted by molar-refractivity contribution is -0.121. The van der Waals surface area contributed by atoms with E-state index in [1.807, 2.05) is 18.5 Å². The van der Waals surface area contributed by atoms with Crippen LogP contribution in [0.1, 0.15) is 30.7 Å². The molecule has 2 aromatic rings. The summed E-state index contributed by atoms with van der Waals surface area (Å²) in [6.07, 6.45) is 8.53. The van der Waals surface area contributed by atoms with Crippen LogP contribution in [0.4, 0.5) is 0 Å². The van der Waals surface area contributed by atoms with Crippen molar-refractivity contribution < 1.29 is 4.79 Å². The molecular formula is C14H16N2OS. The van der Waals surface area contributed by atoms with Crippen molar-refractivity contribution in [3.63, 3.8) is 0 Å². The van der Waals surface area contributed by atoms with Crippen LogP contribution in [-0.4, -0.2) is 15.8 Å². The van der Waals surface area contributed by atoms with Gasteiger partial charge in [-0.3, -0.25) is 4.79 Å². The summed E-state index contributed by atoms with van der Waals surface area (Å²) in [5.74, 6) is 1.08. The first kappa shape index (κ1) is 11.7. The summed E-state index contributed by atoms with van der Waals surface area (Å²) >= 11 is 1.73. The van der Waals surface area contributed by atoms with Gasteiger partial charge in [-0.25, -0.2) is 4.98 Å². The third-order valence-corrected chi connectivity index (χ3v) is 4.44. The fourth-order valence-corrected chi connectivity index (χ4v) is 3.39. The van der Waals surface area contributed by atoms with Gasteiger partial charge in [0, 0.05) is 42.6 Å². The van der Waals surface area contributed by atoms with E-state index in [0.717, 1.165) is 43.4 Å². The number of carbonyl (C=O) groups is 1. The summed E-state index contributed by atoms with van der Waals surface area (Å²) in [6.45, 7) is 0. The zero-order chi connectivity index (χ0) is 12.4. The maximum Gasteiger partial charge on any atom is 0.132 e. The molecule has 3 nitrogen and oxygen atoms in total. The molecule has 18 heavy (non-hydrogen) atoms. The van der Waals surface area contributed by atoms with Crippen molar-refractivity contribution in [1.82, 2.24) is 9.97 Å². The molecule has 4 heteroatoms. The van der Waals surface area contributed by atoms with E-state index in [0.29, 0.717) is 11.7 Å². The summed E-state index contributed by atoms with van der Waals surface area (Å²) < 4.78 is 0. The van der Waals surface area contributed by atoms with Gasteiger partial charge < -0.3 is 4.98 Å². The molecule has 0 spiro atoms. The molecule has 0 amide bonds. The van der Waals surface area contributed by atoms with Crippen LogP contribution in [0.3, 0.4) is 0 Å². The second-order valence-corrected chi connectivity index (χ2v) is 5.85. The van der Waals surface area contributed by atoms with Gasteiger partial charge in [-0.15, -0.1) is 11.3 Å². The molecule has 1 aliphatic carbocycles. The molecule has 0 saturated heterocycles. The summed E-state index contributed by atoms with van der Waals surface area (Å²) in [5, 5.41) is 3.32. The lowest BCUT2D eigenvalue weighted by Gasteiger charge is -2.19. The number of H-pyrrole nitrogens is 1. The molecule has 1 aliphatic rings. The number of nitrogens with one attached hydrogen (secondary N) is 1. The monoisotopic (exact) mass is 260 g/mol. The molecule has 0 atom stereocenters. The summed E-state index contributed by atoms with van der Waals surface area (Å²) in [4.78, 5) is 18.9. The van der Waals surface area contributed by atoms with Gasteiger partial charge in [0.05, 0.1) is 10.7 Å². The SMILES string of the molecule is O=C1CCC(Cc2nc(-c3cc[nH]c3)cs2)CC1. The van der Waals surface area contributed by atoms with Gasteiger partial charge >= 0.3 is 0 Å². The Balaban J connectivity index is 1.65. The maximum atomic E-state index is 11.2. The third kappa shape index (κ3) is 2.53. The number of Topliss-reactive ketones (excluding diaryl/α,β-unsaturated/α-hetero) is 1. The highest BCUT2D eigenvalue weighted by atomic mass is 32.1. The van der Waals surface area contributed by atoms with E-state index in [9.17, 15) is 4.79 Å². The van der Waals surface area contributed by atoms with Crippen molar-refractivity contribution in [3.05, 3.63) is 28.8 Å². The van der Waals surface area contributed by atoms with Crippen LogP contribution in [0.5, 0.6) is 0 Å². The van der Waals surface area contributed by atoms with Crippen molar-refractivity contribution in [1.29, 1.82) is 0 Å². The van der Waals surface area contributed by atoms with Gasteiger partial charge in [-0.05, 0) is 24.8 Å². The zero-order valence-corrected chi connectivity index (χ0v) is 11.0. The Morgan fingerprint density at radius 3 is 2.94 bits per heavy atom. The van der Waals surface area contributed by atoms with E-state index in [1.54, 1.807) is 11.3 Å². The van der Waals surface area contributed by atoms with Crippen molar-refractivity contribution in [2.75, 3.05) is 0 Å². The summed E-state index contributed by atoms with van der Waals surface area (Å²) in [7, 11) is 0. The fraction of sp³-hybridized carbons (Fsp3) is 0.429. The number of ketones is 1. The van der Waals surface area contributed by atoms with Crippen LogP contribution in [0.25, 0.3) is 11.3 Å². The zero-order valence-electron chi connectivity index (χ0n) is 10.2. The number of hydrogen-bond donors (Lipinski definition) is 1. The number of rotatable bonds is 3. The van der Waals surface area contributed by atoms with Crippen molar-refractivity contribution in [3.8, 4) is 11.3 Å². The van der Waals surface area contributed by atoms with E-state index < -0.39 is 0 Å². The van der Waals surface area contributed by atoms with E-state index >= 15 is 0 Å². The first-order valence-electron chi connectivity index (χ1n) is 6.40. The molecule has 3 rings (SSSR count). The predicted octanol–water partition coefficient (Wildman–Crippen LogP) is 3.44. The van der Waals surface area contributed by atoms with Gasteiger partial charge in [0.1, 0.15) is 5.78 Å². The molecule has 0 unspecified atom stereocenters. The Morgan fingerprint density at radius 1 is 1.39 bits per heavy atom. The molecule has 0 bridgehead atoms. The predicted molar refractivity (Wildman–Crippen MR) is 72.6 cm³/mol. The van der Waals surface area contributed by atoms with Gasteiger partial charge in [0.25, 0.3) is 0 Å². The average molecular weight is 260 g/mol. The number of hydrogen-bond acceptors (Lipinski definition) is 3. The number of nitrogens with zero attached hydrogens (tertiary/aromatic N) is 1. The fourth-order valence-electron chi connectivity index (χ4n) is 2.47. The lowest BCUT2D eigenvalue weighted by Crippen LogP contribution is -2.15. The molecule has 94 valence electrons. The third-order valence-electron chi connectivity index (χ3n) is 3.57. The second-order valence-electron chi connectivity index (χ2n) is 4.91. The summed E-state index contributed by atoms with van der Waals surface area (Å²) in [5.41, 5.74) is 2.21. The van der Waals surface area contributed by atoms with Gasteiger partial charge in [0.2, 0.25) is 0 Å². The number of aromatic amines is 1. The van der Waals surface area contributed by atoms with E-state index in [4.69, 9.17) is 0 Å². The quantitative estimate of drug-likeness (QED) is 0.918. The largest absolute Gasteiger partial charge is 0.367 e. The van der Waals surface area contributed by atoms with E-state index in [2.05, 4.69) is 15.3 Å². The highest BCUT2D eigenvalue weighted by Crippen LogP contribution is 2.28. The van der Waals surface area contributed by atoms with Crippen molar-refractivity contribution in [2.45, 2.75) is 32.1 Å². The standard InChI is InChI=1S/C14H16N2OS/c17-12-3-1-10(2-4-12)7-14-16-13(9-18-14)11-5-6-15-8-11/h5-6,8-10,15H,1-4,7H2. The van der Waals surface area contributed by atoms with Crippen LogP contribution >= 0.6 is 11.3 Å². The Labute approximate surface area is 110 Å². The molecule has 0 aromatic carbocycles. The number of aromatic nitrogens is 2. The minimum absolute atomic E-state index is 0.429. The van der Waals surface area contributed by atoms with Crippen LogP contribution in [0.15, 0.2) is 23.8 Å². The minimum Gasteiger partial charge on any atom is -0.367 e. The lowest BCUT2D eigenvalue weighted by atomic mass is 9.86. The molecular weight excluding hydrogens is 244 g/mol. The molecule has 1 saturated carbocycles. The Kier molecular flexibility index (Phi) is 3.28. The van der Waals surface area contributed by atoms with Gasteiger partial charge in [-0.1, -0.05) is 0 Å². The average Bonchev–Trinajstić information content (AvgIpc) is 3.02. The van der Waals surface area contributed by atoms with E-state index in [1.165, 1.54) is 5.01 Å². The van der Waals surface area contributed by atoms with Gasteiger partial charge in [0.15, 0.2) is 0 Å². The molecule has 2 aromatic heterocycles. The maximum absolute atomic E-state index is 11.2. The normalized spacial score (nSPS) is 17.2. The number of thiazole rings is 1. The summed E-state index contributed by atoms with van der Waals surface area (Å²) in [6, 6.07) is 2.04.